The van der Waals surface area contributed by atoms with Gasteiger partial charge in [-0.3, -0.25) is 14.4 Å². The van der Waals surface area contributed by atoms with E-state index in [1.807, 2.05) is 0 Å². The van der Waals surface area contributed by atoms with E-state index in [1.165, 1.54) is 23.1 Å². The normalized spacial score (nSPS) is 19.3. The first-order valence-electron chi connectivity index (χ1n) is 8.57. The molecule has 1 heterocycles. The number of likely N-dealkylation sites (tertiary alicyclic amines) is 1. The van der Waals surface area contributed by atoms with Crippen molar-refractivity contribution in [1.29, 1.82) is 5.26 Å². The molecule has 0 aliphatic carbocycles. The van der Waals surface area contributed by atoms with Gasteiger partial charge < -0.3 is 10.2 Å². The molecule has 1 N–H and O–H groups in total. The zero-order valence-corrected chi connectivity index (χ0v) is 15.1. The summed E-state index contributed by atoms with van der Waals surface area (Å²) < 4.78 is 13.4. The Labute approximate surface area is 152 Å². The lowest BCUT2D eigenvalue weighted by Crippen LogP contribution is -2.47. The molecule has 0 radical (unpaired) electrons. The Morgan fingerprint density at radius 2 is 2.08 bits per heavy atom. The first kappa shape index (κ1) is 19.6. The van der Waals surface area contributed by atoms with Crippen LogP contribution in [0.1, 0.15) is 38.3 Å². The lowest BCUT2D eigenvalue weighted by atomic mass is 9.92. The lowest BCUT2D eigenvalue weighted by Gasteiger charge is -2.24. The number of benzene rings is 1. The molecule has 0 spiro atoms. The number of rotatable bonds is 4. The molecule has 1 fully saturated rings. The van der Waals surface area contributed by atoms with Crippen LogP contribution in [0.25, 0.3) is 0 Å². The van der Waals surface area contributed by atoms with E-state index in [-0.39, 0.29) is 35.8 Å². The summed E-state index contributed by atoms with van der Waals surface area (Å²) in [4.78, 5) is 38.2. The van der Waals surface area contributed by atoms with Crippen LogP contribution >= 0.6 is 0 Å². The third kappa shape index (κ3) is 4.26. The van der Waals surface area contributed by atoms with Crippen LogP contribution in [0.2, 0.25) is 0 Å². The molecule has 6 nitrogen and oxygen atoms in total. The van der Waals surface area contributed by atoms with Crippen LogP contribution in [0.5, 0.6) is 0 Å². The van der Waals surface area contributed by atoms with Crippen LogP contribution in [-0.2, 0) is 20.8 Å². The molecule has 1 aliphatic rings. The summed E-state index contributed by atoms with van der Waals surface area (Å²) in [5.41, 5.74) is 0.458. The summed E-state index contributed by atoms with van der Waals surface area (Å²) in [6.07, 6.45) is 0.539. The van der Waals surface area contributed by atoms with Gasteiger partial charge in [0.15, 0.2) is 0 Å². The summed E-state index contributed by atoms with van der Waals surface area (Å²) in [5.74, 6) is -2.40. The Kier molecular flexibility index (Phi) is 6.09. The second kappa shape index (κ2) is 8.09. The first-order chi connectivity index (χ1) is 12.2. The van der Waals surface area contributed by atoms with Gasteiger partial charge in [-0.25, -0.2) is 4.39 Å². The first-order valence-corrected chi connectivity index (χ1v) is 8.57. The van der Waals surface area contributed by atoms with Gasteiger partial charge >= 0.3 is 11.8 Å². The van der Waals surface area contributed by atoms with Crippen molar-refractivity contribution in [3.63, 3.8) is 0 Å². The van der Waals surface area contributed by atoms with Gasteiger partial charge in [-0.1, -0.05) is 6.07 Å². The largest absolute Gasteiger partial charge is 0.346 e. The number of ketones is 1. The van der Waals surface area contributed by atoms with Gasteiger partial charge in [0.25, 0.3) is 0 Å². The van der Waals surface area contributed by atoms with Crippen LogP contribution in [0.15, 0.2) is 18.2 Å². The van der Waals surface area contributed by atoms with E-state index >= 15 is 0 Å². The number of amides is 2. The topological polar surface area (TPSA) is 90.3 Å². The summed E-state index contributed by atoms with van der Waals surface area (Å²) in [6.45, 7) is 5.63. The maximum Gasteiger partial charge on any atom is 0.312 e. The average Bonchev–Trinajstić information content (AvgIpc) is 2.96. The minimum Gasteiger partial charge on any atom is -0.346 e. The molecule has 2 atom stereocenters. The smallest absolute Gasteiger partial charge is 0.312 e. The van der Waals surface area contributed by atoms with E-state index in [4.69, 9.17) is 5.26 Å². The maximum atomic E-state index is 13.4. The van der Waals surface area contributed by atoms with E-state index in [0.29, 0.717) is 18.5 Å². The number of carbonyl (C=O) groups excluding carboxylic acids is 3. The minimum atomic E-state index is -0.669. The van der Waals surface area contributed by atoms with Crippen molar-refractivity contribution in [2.45, 2.75) is 45.7 Å². The molecule has 2 amide bonds. The Morgan fingerprint density at radius 3 is 2.69 bits per heavy atom. The highest BCUT2D eigenvalue weighted by molar-refractivity contribution is 6.35. The summed E-state index contributed by atoms with van der Waals surface area (Å²) in [5, 5.41) is 11.4. The molecule has 0 aromatic heterocycles. The third-order valence-corrected chi connectivity index (χ3v) is 4.57. The van der Waals surface area contributed by atoms with Gasteiger partial charge in [0.1, 0.15) is 17.7 Å². The molecule has 0 saturated carbocycles. The lowest BCUT2D eigenvalue weighted by molar-refractivity contribution is -0.147. The number of nitriles is 1. The number of carbonyl (C=O) groups is 3. The van der Waals surface area contributed by atoms with Gasteiger partial charge in [0, 0.05) is 31.0 Å². The fraction of sp³-hybridized carbons (Fsp3) is 0.474. The number of Topliss-reactive ketones (excluding diaryl/α,β-unsaturated/α-hetero) is 1. The second-order valence-electron chi connectivity index (χ2n) is 6.83. The number of hydrogen-bond acceptors (Lipinski definition) is 4. The van der Waals surface area contributed by atoms with E-state index < -0.39 is 17.6 Å². The number of nitrogens with zero attached hydrogens (tertiary/aromatic N) is 2. The van der Waals surface area contributed by atoms with Crippen molar-refractivity contribution in [3.05, 3.63) is 35.1 Å². The van der Waals surface area contributed by atoms with E-state index in [9.17, 15) is 18.8 Å². The molecule has 1 unspecified atom stereocenters. The molecule has 7 heteroatoms. The predicted octanol–water partition coefficient (Wildman–Crippen LogP) is 1.57. The molecule has 1 aromatic carbocycles. The van der Waals surface area contributed by atoms with E-state index in [1.54, 1.807) is 26.8 Å². The van der Waals surface area contributed by atoms with E-state index in [0.717, 1.165) is 0 Å². The Balaban J connectivity index is 2.04. The van der Waals surface area contributed by atoms with Gasteiger partial charge in [-0.2, -0.15) is 5.26 Å². The van der Waals surface area contributed by atoms with Crippen LogP contribution in [0, 0.1) is 23.1 Å². The molecule has 0 bridgehead atoms. The highest BCUT2D eigenvalue weighted by Gasteiger charge is 2.39. The van der Waals surface area contributed by atoms with Crippen LogP contribution < -0.4 is 5.32 Å². The van der Waals surface area contributed by atoms with Crippen molar-refractivity contribution in [3.8, 4) is 6.07 Å². The molecular formula is C19H22FN3O3. The van der Waals surface area contributed by atoms with Crippen molar-refractivity contribution in [2.75, 3.05) is 6.54 Å². The Hall–Kier alpha value is -2.75. The standard InChI is InChI=1S/C19H22FN3O3/c1-11(2)22-18(25)19(26)23-7-6-15(12(23)3)17(24)9-13-4-5-16(20)14(8-13)10-21/h4-5,8,11-12,15H,6-7,9H2,1-3H3,(H,22,25)/t12-,15?/m0/s1. The molecular weight excluding hydrogens is 337 g/mol. The number of halogens is 1. The summed E-state index contributed by atoms with van der Waals surface area (Å²) in [7, 11) is 0. The quantitative estimate of drug-likeness (QED) is 0.826. The molecule has 138 valence electrons. The zero-order chi connectivity index (χ0) is 19.4. The van der Waals surface area contributed by atoms with Crippen molar-refractivity contribution >= 4 is 17.6 Å². The third-order valence-electron chi connectivity index (χ3n) is 4.57. The molecule has 1 saturated heterocycles. The van der Waals surface area contributed by atoms with Gasteiger partial charge in [0.05, 0.1) is 5.56 Å². The van der Waals surface area contributed by atoms with Gasteiger partial charge in [-0.05, 0) is 44.9 Å². The predicted molar refractivity (Wildman–Crippen MR) is 92.4 cm³/mol. The molecule has 1 aromatic rings. The number of nitrogens with one attached hydrogen (secondary N) is 1. The van der Waals surface area contributed by atoms with Crippen LogP contribution in [-0.4, -0.2) is 41.1 Å². The van der Waals surface area contributed by atoms with Crippen molar-refractivity contribution < 1.29 is 18.8 Å². The Morgan fingerprint density at radius 1 is 1.38 bits per heavy atom. The van der Waals surface area contributed by atoms with Crippen LogP contribution in [0.4, 0.5) is 4.39 Å². The summed E-state index contributed by atoms with van der Waals surface area (Å²) in [6, 6.07) is 5.24. The highest BCUT2D eigenvalue weighted by atomic mass is 19.1. The number of hydrogen-bond donors (Lipinski definition) is 1. The highest BCUT2D eigenvalue weighted by Crippen LogP contribution is 2.26. The average molecular weight is 359 g/mol. The maximum absolute atomic E-state index is 13.4. The Bertz CT molecular complexity index is 770. The van der Waals surface area contributed by atoms with Gasteiger partial charge in [0.2, 0.25) is 0 Å². The molecule has 1 aliphatic heterocycles. The van der Waals surface area contributed by atoms with E-state index in [2.05, 4.69) is 5.32 Å². The SMILES string of the molecule is CC(C)NC(=O)C(=O)N1CCC(C(=O)Cc2ccc(F)c(C#N)c2)[C@@H]1C. The molecule has 2 rings (SSSR count). The molecule has 26 heavy (non-hydrogen) atoms. The van der Waals surface area contributed by atoms with Gasteiger partial charge in [-0.15, -0.1) is 0 Å². The fourth-order valence-corrected chi connectivity index (χ4v) is 3.21. The van der Waals surface area contributed by atoms with Crippen molar-refractivity contribution in [2.24, 2.45) is 5.92 Å². The van der Waals surface area contributed by atoms with Crippen LogP contribution in [0.3, 0.4) is 0 Å². The minimum absolute atomic E-state index is 0.0597. The monoisotopic (exact) mass is 359 g/mol. The zero-order valence-electron chi connectivity index (χ0n) is 15.1. The summed E-state index contributed by atoms with van der Waals surface area (Å²) >= 11 is 0. The second-order valence-corrected chi connectivity index (χ2v) is 6.83. The van der Waals surface area contributed by atoms with Crippen molar-refractivity contribution in [1.82, 2.24) is 10.2 Å². The fourth-order valence-electron chi connectivity index (χ4n) is 3.21.